The molecule has 20 heavy (non-hydrogen) atoms. The van der Waals surface area contributed by atoms with Crippen LogP contribution in [-0.2, 0) is 10.9 Å². The van der Waals surface area contributed by atoms with Crippen LogP contribution in [0.2, 0.25) is 0 Å². The molecule has 0 aliphatic carbocycles. The molecule has 114 valence electrons. The predicted molar refractivity (Wildman–Crippen MR) is 71.8 cm³/mol. The van der Waals surface area contributed by atoms with Crippen molar-refractivity contribution in [2.24, 2.45) is 11.3 Å². The van der Waals surface area contributed by atoms with Crippen molar-refractivity contribution in [3.8, 4) is 0 Å². The summed E-state index contributed by atoms with van der Waals surface area (Å²) in [7, 11) is 1.47. The van der Waals surface area contributed by atoms with Crippen molar-refractivity contribution < 1.29 is 17.9 Å². The number of rotatable bonds is 4. The number of nitrogens with one attached hydrogen (secondary N) is 1. The highest BCUT2D eigenvalue weighted by Crippen LogP contribution is 2.39. The molecule has 0 aromatic heterocycles. The lowest BCUT2D eigenvalue weighted by atomic mass is 9.81. The van der Waals surface area contributed by atoms with Gasteiger partial charge in [0.2, 0.25) is 0 Å². The summed E-state index contributed by atoms with van der Waals surface area (Å²) >= 11 is 0. The molecule has 0 amide bonds. The fourth-order valence-electron chi connectivity index (χ4n) is 2.36. The van der Waals surface area contributed by atoms with E-state index >= 15 is 0 Å². The minimum atomic E-state index is -4.43. The zero-order valence-corrected chi connectivity index (χ0v) is 12.1. The SMILES string of the molecule is COC(C(NN)c1ccccc1C(F)(F)F)C(C)(C)C. The molecule has 1 aromatic carbocycles. The number of ether oxygens (including phenoxy) is 1. The molecule has 0 spiro atoms. The minimum Gasteiger partial charge on any atom is -0.379 e. The Hall–Kier alpha value is -1.11. The van der Waals surface area contributed by atoms with Crippen LogP contribution < -0.4 is 11.3 Å². The normalized spacial score (nSPS) is 16.0. The van der Waals surface area contributed by atoms with Crippen molar-refractivity contribution in [2.75, 3.05) is 7.11 Å². The van der Waals surface area contributed by atoms with Crippen LogP contribution in [0.15, 0.2) is 24.3 Å². The van der Waals surface area contributed by atoms with Gasteiger partial charge in [0.1, 0.15) is 0 Å². The van der Waals surface area contributed by atoms with E-state index in [9.17, 15) is 13.2 Å². The molecule has 0 aliphatic rings. The van der Waals surface area contributed by atoms with E-state index in [1.807, 2.05) is 20.8 Å². The Morgan fingerprint density at radius 3 is 2.10 bits per heavy atom. The summed E-state index contributed by atoms with van der Waals surface area (Å²) < 4.78 is 44.7. The monoisotopic (exact) mass is 290 g/mol. The lowest BCUT2D eigenvalue weighted by Gasteiger charge is -2.36. The number of methoxy groups -OCH3 is 1. The molecule has 1 rings (SSSR count). The molecule has 1 aromatic rings. The van der Waals surface area contributed by atoms with Gasteiger partial charge in [-0.15, -0.1) is 0 Å². The van der Waals surface area contributed by atoms with Crippen LogP contribution >= 0.6 is 0 Å². The molecule has 2 unspecified atom stereocenters. The minimum absolute atomic E-state index is 0.0873. The Morgan fingerprint density at radius 1 is 1.15 bits per heavy atom. The van der Waals surface area contributed by atoms with Crippen molar-refractivity contribution >= 4 is 0 Å². The van der Waals surface area contributed by atoms with E-state index in [0.29, 0.717) is 0 Å². The van der Waals surface area contributed by atoms with Gasteiger partial charge in [-0.1, -0.05) is 39.0 Å². The van der Waals surface area contributed by atoms with E-state index in [1.165, 1.54) is 19.2 Å². The maximum Gasteiger partial charge on any atom is 0.416 e. The molecule has 0 heterocycles. The van der Waals surface area contributed by atoms with Crippen LogP contribution in [-0.4, -0.2) is 13.2 Å². The van der Waals surface area contributed by atoms with Crippen LogP contribution in [0, 0.1) is 5.41 Å². The van der Waals surface area contributed by atoms with Gasteiger partial charge in [-0.05, 0) is 17.0 Å². The van der Waals surface area contributed by atoms with Gasteiger partial charge in [-0.2, -0.15) is 13.2 Å². The fraction of sp³-hybridized carbons (Fsp3) is 0.571. The van der Waals surface area contributed by atoms with E-state index < -0.39 is 23.9 Å². The number of hydrogen-bond donors (Lipinski definition) is 2. The fourth-order valence-corrected chi connectivity index (χ4v) is 2.36. The van der Waals surface area contributed by atoms with Gasteiger partial charge in [0.05, 0.1) is 17.7 Å². The Kier molecular flexibility index (Phi) is 5.18. The second-order valence-electron chi connectivity index (χ2n) is 5.75. The van der Waals surface area contributed by atoms with Crippen molar-refractivity contribution in [1.29, 1.82) is 0 Å². The molecule has 0 bridgehead atoms. The molecular formula is C14H21F3N2O. The second-order valence-corrected chi connectivity index (χ2v) is 5.75. The van der Waals surface area contributed by atoms with Crippen molar-refractivity contribution in [3.05, 3.63) is 35.4 Å². The average Bonchev–Trinajstić information content (AvgIpc) is 2.33. The average molecular weight is 290 g/mol. The van der Waals surface area contributed by atoms with Crippen molar-refractivity contribution in [2.45, 2.75) is 39.1 Å². The quantitative estimate of drug-likeness (QED) is 0.661. The standard InChI is InChI=1S/C14H21F3N2O/c1-13(2,3)12(20-4)11(19-18)9-7-5-6-8-10(9)14(15,16)17/h5-8,11-12,19H,18H2,1-4H3. The maximum absolute atomic E-state index is 13.1. The van der Waals surface area contributed by atoms with Gasteiger partial charge in [0.15, 0.2) is 0 Å². The molecule has 3 nitrogen and oxygen atoms in total. The van der Waals surface area contributed by atoms with E-state index in [1.54, 1.807) is 6.07 Å². The summed E-state index contributed by atoms with van der Waals surface area (Å²) in [5, 5.41) is 0. The zero-order chi connectivity index (χ0) is 15.6. The first-order chi connectivity index (χ1) is 9.12. The molecule has 0 aliphatic heterocycles. The Labute approximate surface area is 117 Å². The first-order valence-corrected chi connectivity index (χ1v) is 6.28. The molecular weight excluding hydrogens is 269 g/mol. The smallest absolute Gasteiger partial charge is 0.379 e. The molecule has 0 saturated carbocycles. The third-order valence-corrected chi connectivity index (χ3v) is 3.19. The van der Waals surface area contributed by atoms with Crippen molar-refractivity contribution in [1.82, 2.24) is 5.43 Å². The third kappa shape index (κ3) is 3.71. The number of halogens is 3. The van der Waals surface area contributed by atoms with E-state index in [2.05, 4.69) is 5.43 Å². The lowest BCUT2D eigenvalue weighted by molar-refractivity contribution is -0.139. The highest BCUT2D eigenvalue weighted by atomic mass is 19.4. The molecule has 0 radical (unpaired) electrons. The van der Waals surface area contributed by atoms with Crippen LogP contribution in [0.3, 0.4) is 0 Å². The number of hydrogen-bond acceptors (Lipinski definition) is 3. The summed E-state index contributed by atoms with van der Waals surface area (Å²) in [6.07, 6.45) is -4.93. The van der Waals surface area contributed by atoms with E-state index in [0.717, 1.165) is 6.07 Å². The maximum atomic E-state index is 13.1. The topological polar surface area (TPSA) is 47.3 Å². The Morgan fingerprint density at radius 2 is 1.70 bits per heavy atom. The summed E-state index contributed by atoms with van der Waals surface area (Å²) in [5.74, 6) is 5.49. The summed E-state index contributed by atoms with van der Waals surface area (Å²) in [6, 6.07) is 4.64. The molecule has 3 N–H and O–H groups in total. The highest BCUT2D eigenvalue weighted by Gasteiger charge is 2.39. The number of nitrogens with two attached hydrogens (primary N) is 1. The lowest BCUT2D eigenvalue weighted by Crippen LogP contribution is -2.44. The summed E-state index contributed by atoms with van der Waals surface area (Å²) in [4.78, 5) is 0. The van der Waals surface area contributed by atoms with Gasteiger partial charge in [0.25, 0.3) is 0 Å². The van der Waals surface area contributed by atoms with Gasteiger partial charge >= 0.3 is 6.18 Å². The van der Waals surface area contributed by atoms with Crippen LogP contribution in [0.1, 0.15) is 37.9 Å². The van der Waals surface area contributed by atoms with Crippen molar-refractivity contribution in [3.63, 3.8) is 0 Å². The number of benzene rings is 1. The zero-order valence-electron chi connectivity index (χ0n) is 12.1. The molecule has 6 heteroatoms. The Bertz CT molecular complexity index is 441. The van der Waals surface area contributed by atoms with E-state index in [4.69, 9.17) is 10.6 Å². The van der Waals surface area contributed by atoms with Crippen LogP contribution in [0.5, 0.6) is 0 Å². The number of alkyl halides is 3. The third-order valence-electron chi connectivity index (χ3n) is 3.19. The molecule has 0 saturated heterocycles. The summed E-state index contributed by atoms with van der Waals surface area (Å²) in [5.41, 5.74) is 1.48. The first-order valence-electron chi connectivity index (χ1n) is 6.28. The van der Waals surface area contributed by atoms with Gasteiger partial charge in [0, 0.05) is 7.11 Å². The van der Waals surface area contributed by atoms with Crippen LogP contribution in [0.25, 0.3) is 0 Å². The molecule has 2 atom stereocenters. The van der Waals surface area contributed by atoms with E-state index in [-0.39, 0.29) is 11.0 Å². The highest BCUT2D eigenvalue weighted by molar-refractivity contribution is 5.33. The Balaban J connectivity index is 3.33. The predicted octanol–water partition coefficient (Wildman–Crippen LogP) is 3.27. The van der Waals surface area contributed by atoms with Gasteiger partial charge in [-0.3, -0.25) is 11.3 Å². The largest absolute Gasteiger partial charge is 0.416 e. The first kappa shape index (κ1) is 16.9. The summed E-state index contributed by atoms with van der Waals surface area (Å²) in [6.45, 7) is 5.67. The van der Waals surface area contributed by atoms with Gasteiger partial charge in [-0.25, -0.2) is 0 Å². The van der Waals surface area contributed by atoms with Gasteiger partial charge < -0.3 is 4.74 Å². The number of hydrazine groups is 1. The van der Waals surface area contributed by atoms with Crippen LogP contribution in [0.4, 0.5) is 13.2 Å². The molecule has 0 fully saturated rings. The second kappa shape index (κ2) is 6.11.